The number of hydrogen-bond donors (Lipinski definition) is 1. The summed E-state index contributed by atoms with van der Waals surface area (Å²) in [4.78, 5) is 37.8. The SMILES string of the molecule is CC/C=C\C/C=C\C/C=C\C/C=C\C/C=C\CCCCCCCCCCCCCCCCCCCCCCCC(=O)OC(COC(=O)CCCCCCCCCCCCCCCCCCCCCCCCCCCCC/C=C\C/C=C\CCCCCCC)COC(OCC[N+](C)(C)C)C(=O)O. The summed E-state index contributed by atoms with van der Waals surface area (Å²) in [6.07, 6.45) is 111. The van der Waals surface area contributed by atoms with Crippen molar-refractivity contribution in [3.63, 3.8) is 0 Å². The highest BCUT2D eigenvalue weighted by Crippen LogP contribution is 2.20. The molecule has 1 N–H and O–H groups in total. The van der Waals surface area contributed by atoms with E-state index < -0.39 is 18.4 Å². The van der Waals surface area contributed by atoms with Crippen LogP contribution in [0.15, 0.2) is 85.1 Å². The van der Waals surface area contributed by atoms with Crippen LogP contribution in [0.4, 0.5) is 0 Å². The van der Waals surface area contributed by atoms with Gasteiger partial charge in [0, 0.05) is 12.8 Å². The summed E-state index contributed by atoms with van der Waals surface area (Å²) in [6, 6.07) is 0. The third-order valence-corrected chi connectivity index (χ3v) is 19.6. The molecule has 9 nitrogen and oxygen atoms in total. The number of hydrogen-bond acceptors (Lipinski definition) is 7. The van der Waals surface area contributed by atoms with Gasteiger partial charge < -0.3 is 28.5 Å². The number of aliphatic carboxylic acids is 1. The number of rotatable bonds is 82. The van der Waals surface area contributed by atoms with E-state index in [1.165, 1.54) is 321 Å². The standard InChI is InChI=1S/C92H167NO8/c1-6-8-10-12-14-16-18-20-22-24-26-28-30-32-34-36-38-40-42-44-45-47-48-50-52-54-56-58-60-62-64-66-68-70-72-74-76-78-80-82-89(94)99-86-88(87-100-92(91(96)97)98-85-84-93(3,4)5)101-90(95)83-81-79-77-75-73-71-69-67-65-63-61-59-57-55-53-51-49-46-43-41-39-37-35-33-31-29-27-25-23-21-19-17-15-13-11-9-7-2/h9,11,15,17-18,20-21,23-24,26-27,29,33,35,88,92H,6-8,10,12-14,16,19,22,25,28,30-32,34,36-87H2,1-5H3/p+1/b11-9-,17-15-,20-18-,23-21-,26-24-,29-27-,35-33-. The minimum Gasteiger partial charge on any atom is -0.477 e. The predicted octanol–water partition coefficient (Wildman–Crippen LogP) is 28.5. The predicted molar refractivity (Wildman–Crippen MR) is 438 cm³/mol. The summed E-state index contributed by atoms with van der Waals surface area (Å²) in [5.74, 6) is -1.97. The lowest BCUT2D eigenvalue weighted by Gasteiger charge is -2.25. The fourth-order valence-electron chi connectivity index (χ4n) is 13.0. The molecule has 0 heterocycles. The summed E-state index contributed by atoms with van der Waals surface area (Å²) < 4.78 is 23.1. The van der Waals surface area contributed by atoms with E-state index in [-0.39, 0.29) is 38.2 Å². The van der Waals surface area contributed by atoms with Crippen molar-refractivity contribution in [2.45, 2.75) is 437 Å². The average molecular weight is 1420 g/mol. The van der Waals surface area contributed by atoms with Gasteiger partial charge in [0.05, 0.1) is 34.4 Å². The highest BCUT2D eigenvalue weighted by atomic mass is 16.7. The van der Waals surface area contributed by atoms with Crippen molar-refractivity contribution in [2.24, 2.45) is 0 Å². The first-order chi connectivity index (χ1) is 49.6. The van der Waals surface area contributed by atoms with Gasteiger partial charge in [-0.2, -0.15) is 0 Å². The quantitative estimate of drug-likeness (QED) is 0.0211. The molecular weight excluding hydrogens is 1250 g/mol. The summed E-state index contributed by atoms with van der Waals surface area (Å²) in [5, 5.41) is 9.79. The molecule has 0 aromatic heterocycles. The molecule has 0 aliphatic carbocycles. The molecular formula is C92H168NO8+. The Balaban J connectivity index is 3.92. The van der Waals surface area contributed by atoms with Gasteiger partial charge >= 0.3 is 17.9 Å². The normalized spacial score (nSPS) is 13.0. The van der Waals surface area contributed by atoms with E-state index in [4.69, 9.17) is 18.9 Å². The van der Waals surface area contributed by atoms with Crippen molar-refractivity contribution < 1.29 is 42.9 Å². The number of carbonyl (C=O) groups is 3. The lowest BCUT2D eigenvalue weighted by Crippen LogP contribution is -2.40. The first kappa shape index (κ1) is 97.5. The monoisotopic (exact) mass is 1420 g/mol. The van der Waals surface area contributed by atoms with Crippen molar-refractivity contribution in [3.8, 4) is 0 Å². The van der Waals surface area contributed by atoms with Crippen LogP contribution in [0.5, 0.6) is 0 Å². The number of carboxylic acid groups (broad SMARTS) is 1. The number of carboxylic acids is 1. The minimum atomic E-state index is -1.51. The third kappa shape index (κ3) is 83.6. The minimum absolute atomic E-state index is 0.177. The lowest BCUT2D eigenvalue weighted by molar-refractivity contribution is -0.870. The molecule has 0 rings (SSSR count). The van der Waals surface area contributed by atoms with Crippen molar-refractivity contribution in [2.75, 3.05) is 47.5 Å². The van der Waals surface area contributed by atoms with E-state index in [2.05, 4.69) is 98.9 Å². The number of nitrogens with zero attached hydrogens (tertiary/aromatic N) is 1. The molecule has 2 atom stereocenters. The van der Waals surface area contributed by atoms with Crippen LogP contribution in [-0.4, -0.2) is 87.4 Å². The first-order valence-corrected chi connectivity index (χ1v) is 43.8. The number of unbranched alkanes of at least 4 members (excludes halogenated alkanes) is 53. The molecule has 0 aromatic rings. The number of esters is 2. The number of ether oxygens (including phenoxy) is 4. The summed E-state index contributed by atoms with van der Waals surface area (Å²) >= 11 is 0. The Labute approximate surface area is 627 Å². The molecule has 2 unspecified atom stereocenters. The zero-order valence-electron chi connectivity index (χ0n) is 67.6. The molecule has 0 aromatic carbocycles. The zero-order valence-corrected chi connectivity index (χ0v) is 67.6. The van der Waals surface area contributed by atoms with Gasteiger partial charge in [0.1, 0.15) is 13.2 Å². The molecule has 101 heavy (non-hydrogen) atoms. The van der Waals surface area contributed by atoms with E-state index in [0.29, 0.717) is 17.4 Å². The largest absolute Gasteiger partial charge is 0.477 e. The van der Waals surface area contributed by atoms with Gasteiger partial charge in [0.25, 0.3) is 6.29 Å². The number of carbonyl (C=O) groups excluding carboxylic acids is 2. The van der Waals surface area contributed by atoms with Crippen LogP contribution in [0.25, 0.3) is 0 Å². The van der Waals surface area contributed by atoms with Gasteiger partial charge in [0.15, 0.2) is 6.10 Å². The van der Waals surface area contributed by atoms with Gasteiger partial charge in [-0.25, -0.2) is 4.79 Å². The fraction of sp³-hybridized carbons (Fsp3) is 0.815. The van der Waals surface area contributed by atoms with Crippen molar-refractivity contribution in [3.05, 3.63) is 85.1 Å². The van der Waals surface area contributed by atoms with Crippen LogP contribution < -0.4 is 0 Å². The lowest BCUT2D eigenvalue weighted by atomic mass is 10.0. The topological polar surface area (TPSA) is 108 Å². The van der Waals surface area contributed by atoms with Crippen LogP contribution in [0.3, 0.4) is 0 Å². The molecule has 0 saturated carbocycles. The van der Waals surface area contributed by atoms with E-state index in [1.807, 2.05) is 21.1 Å². The van der Waals surface area contributed by atoms with Gasteiger partial charge in [-0.1, -0.05) is 407 Å². The Morgan fingerprint density at radius 1 is 0.307 bits per heavy atom. The van der Waals surface area contributed by atoms with E-state index >= 15 is 0 Å². The highest BCUT2D eigenvalue weighted by Gasteiger charge is 2.25. The van der Waals surface area contributed by atoms with Gasteiger partial charge in [-0.05, 0) is 89.9 Å². The maximum Gasteiger partial charge on any atom is 0.361 e. The smallest absolute Gasteiger partial charge is 0.361 e. The highest BCUT2D eigenvalue weighted by molar-refractivity contribution is 5.71. The maximum atomic E-state index is 13.0. The molecule has 0 fully saturated rings. The molecule has 0 spiro atoms. The Morgan fingerprint density at radius 3 is 0.842 bits per heavy atom. The second kappa shape index (κ2) is 82.1. The third-order valence-electron chi connectivity index (χ3n) is 19.6. The van der Waals surface area contributed by atoms with Crippen LogP contribution in [0.1, 0.15) is 425 Å². The number of quaternary nitrogens is 1. The molecule has 0 saturated heterocycles. The van der Waals surface area contributed by atoms with Crippen molar-refractivity contribution in [1.82, 2.24) is 0 Å². The second-order valence-corrected chi connectivity index (χ2v) is 30.8. The first-order valence-electron chi connectivity index (χ1n) is 43.8. The van der Waals surface area contributed by atoms with Crippen LogP contribution in [-0.2, 0) is 33.3 Å². The summed E-state index contributed by atoms with van der Waals surface area (Å²) in [7, 11) is 6.00. The Bertz CT molecular complexity index is 1940. The molecule has 588 valence electrons. The molecule has 0 amide bonds. The van der Waals surface area contributed by atoms with Crippen LogP contribution in [0.2, 0.25) is 0 Å². The number of allylic oxidation sites excluding steroid dienone is 14. The Kier molecular flexibility index (Phi) is 79.3. The Hall–Kier alpha value is -3.53. The van der Waals surface area contributed by atoms with Gasteiger partial charge in [0.2, 0.25) is 0 Å². The Morgan fingerprint density at radius 2 is 0.564 bits per heavy atom. The molecule has 0 aliphatic heterocycles. The van der Waals surface area contributed by atoms with Crippen LogP contribution in [0, 0.1) is 0 Å². The van der Waals surface area contributed by atoms with E-state index in [9.17, 15) is 19.5 Å². The van der Waals surface area contributed by atoms with Gasteiger partial charge in [-0.3, -0.25) is 9.59 Å². The van der Waals surface area contributed by atoms with Crippen molar-refractivity contribution in [1.29, 1.82) is 0 Å². The number of likely N-dealkylation sites (N-methyl/N-ethyl adjacent to an activating group) is 1. The second-order valence-electron chi connectivity index (χ2n) is 30.8. The van der Waals surface area contributed by atoms with E-state index in [1.54, 1.807) is 0 Å². The summed E-state index contributed by atoms with van der Waals surface area (Å²) in [5.41, 5.74) is 0. The zero-order chi connectivity index (χ0) is 73.2. The van der Waals surface area contributed by atoms with Crippen molar-refractivity contribution >= 4 is 17.9 Å². The maximum absolute atomic E-state index is 13.0. The van der Waals surface area contributed by atoms with Crippen LogP contribution >= 0.6 is 0 Å². The van der Waals surface area contributed by atoms with Gasteiger partial charge in [-0.15, -0.1) is 0 Å². The average Bonchev–Trinajstić information content (AvgIpc) is 1.25. The summed E-state index contributed by atoms with van der Waals surface area (Å²) in [6.45, 7) is 4.82. The molecule has 9 heteroatoms. The molecule has 0 aliphatic rings. The van der Waals surface area contributed by atoms with E-state index in [0.717, 1.165) is 77.0 Å². The molecule has 0 radical (unpaired) electrons. The molecule has 0 bridgehead atoms. The fourth-order valence-corrected chi connectivity index (χ4v) is 13.0.